The minimum atomic E-state index is 0.683. The molecule has 1 saturated carbocycles. The molecule has 1 aliphatic rings. The molecular weight excluding hydrogens is 164 g/mol. The highest BCUT2D eigenvalue weighted by molar-refractivity contribution is 5.01. The fraction of sp³-hybridized carbons (Fsp3) is 0.778. The van der Waals surface area contributed by atoms with Crippen LogP contribution in [0.5, 0.6) is 0 Å². The Bertz CT molecular complexity index is 288. The molecule has 1 aromatic rings. The van der Waals surface area contributed by atoms with Crippen LogP contribution in [0.3, 0.4) is 0 Å². The molecule has 2 N–H and O–H groups in total. The van der Waals surface area contributed by atoms with Gasteiger partial charge in [-0.05, 0) is 32.7 Å². The van der Waals surface area contributed by atoms with Gasteiger partial charge in [0.2, 0.25) is 0 Å². The molecule has 13 heavy (non-hydrogen) atoms. The van der Waals surface area contributed by atoms with Gasteiger partial charge < -0.3 is 10.3 Å². The van der Waals surface area contributed by atoms with Crippen molar-refractivity contribution in [3.63, 3.8) is 0 Å². The van der Waals surface area contributed by atoms with Crippen LogP contribution < -0.4 is 5.73 Å². The molecule has 4 nitrogen and oxygen atoms in total. The predicted octanol–water partition coefficient (Wildman–Crippen LogP) is 0.813. The van der Waals surface area contributed by atoms with Crippen LogP contribution in [0.2, 0.25) is 0 Å². The van der Waals surface area contributed by atoms with E-state index >= 15 is 0 Å². The number of nitrogens with zero attached hydrogens (tertiary/aromatic N) is 3. The average Bonchev–Trinajstić information content (AvgIpc) is 2.88. The molecule has 4 heteroatoms. The Balaban J connectivity index is 2.13. The van der Waals surface area contributed by atoms with E-state index in [0.29, 0.717) is 6.04 Å². The van der Waals surface area contributed by atoms with Gasteiger partial charge in [-0.25, -0.2) is 0 Å². The van der Waals surface area contributed by atoms with Crippen molar-refractivity contribution >= 4 is 0 Å². The summed E-state index contributed by atoms with van der Waals surface area (Å²) in [4.78, 5) is 0. The third-order valence-electron chi connectivity index (χ3n) is 2.45. The van der Waals surface area contributed by atoms with Crippen LogP contribution in [0.1, 0.15) is 37.0 Å². The summed E-state index contributed by atoms with van der Waals surface area (Å²) in [6.07, 6.45) is 4.54. The second kappa shape index (κ2) is 3.46. The standard InChI is InChI=1S/C9H16N4/c1-7-11-12-9(3-2-6-10)13(7)8-4-5-8/h8H,2-6,10H2,1H3. The third kappa shape index (κ3) is 1.72. The van der Waals surface area contributed by atoms with E-state index in [0.717, 1.165) is 31.0 Å². The van der Waals surface area contributed by atoms with Gasteiger partial charge in [0.15, 0.2) is 0 Å². The van der Waals surface area contributed by atoms with E-state index in [1.54, 1.807) is 0 Å². The lowest BCUT2D eigenvalue weighted by Crippen LogP contribution is -2.07. The normalized spacial score (nSPS) is 16.5. The summed E-state index contributed by atoms with van der Waals surface area (Å²) in [6, 6.07) is 0.683. The van der Waals surface area contributed by atoms with E-state index in [2.05, 4.69) is 14.8 Å². The zero-order valence-corrected chi connectivity index (χ0v) is 8.03. The fourth-order valence-corrected chi connectivity index (χ4v) is 1.65. The topological polar surface area (TPSA) is 56.7 Å². The van der Waals surface area contributed by atoms with Crippen molar-refractivity contribution in [3.05, 3.63) is 11.6 Å². The highest BCUT2D eigenvalue weighted by atomic mass is 15.3. The van der Waals surface area contributed by atoms with Crippen molar-refractivity contribution in [1.29, 1.82) is 0 Å². The van der Waals surface area contributed by atoms with E-state index in [4.69, 9.17) is 5.73 Å². The molecule has 0 aromatic carbocycles. The van der Waals surface area contributed by atoms with Crippen LogP contribution in [0, 0.1) is 6.92 Å². The monoisotopic (exact) mass is 180 g/mol. The Labute approximate surface area is 78.1 Å². The first kappa shape index (κ1) is 8.69. The summed E-state index contributed by atoms with van der Waals surface area (Å²) >= 11 is 0. The quantitative estimate of drug-likeness (QED) is 0.746. The maximum atomic E-state index is 5.47. The number of aromatic nitrogens is 3. The van der Waals surface area contributed by atoms with Crippen molar-refractivity contribution in [3.8, 4) is 0 Å². The van der Waals surface area contributed by atoms with Gasteiger partial charge in [-0.2, -0.15) is 0 Å². The number of aryl methyl sites for hydroxylation is 2. The first-order valence-electron chi connectivity index (χ1n) is 4.93. The summed E-state index contributed by atoms with van der Waals surface area (Å²) in [7, 11) is 0. The molecule has 1 aliphatic carbocycles. The smallest absolute Gasteiger partial charge is 0.133 e. The molecule has 0 amide bonds. The van der Waals surface area contributed by atoms with E-state index in [-0.39, 0.29) is 0 Å². The fourth-order valence-electron chi connectivity index (χ4n) is 1.65. The zero-order valence-electron chi connectivity index (χ0n) is 8.03. The molecular formula is C9H16N4. The summed E-state index contributed by atoms with van der Waals surface area (Å²) < 4.78 is 2.27. The van der Waals surface area contributed by atoms with Gasteiger partial charge in [0.25, 0.3) is 0 Å². The van der Waals surface area contributed by atoms with Crippen molar-refractivity contribution < 1.29 is 0 Å². The van der Waals surface area contributed by atoms with Crippen molar-refractivity contribution in [1.82, 2.24) is 14.8 Å². The third-order valence-corrected chi connectivity index (χ3v) is 2.45. The van der Waals surface area contributed by atoms with Crippen LogP contribution in [0.4, 0.5) is 0 Å². The van der Waals surface area contributed by atoms with Gasteiger partial charge in [0.05, 0.1) is 0 Å². The zero-order chi connectivity index (χ0) is 9.26. The highest BCUT2D eigenvalue weighted by Crippen LogP contribution is 2.36. The Kier molecular flexibility index (Phi) is 2.31. The number of hydrogen-bond acceptors (Lipinski definition) is 3. The van der Waals surface area contributed by atoms with Crippen molar-refractivity contribution in [2.45, 2.75) is 38.6 Å². The van der Waals surface area contributed by atoms with Gasteiger partial charge in [0, 0.05) is 12.5 Å². The van der Waals surface area contributed by atoms with Gasteiger partial charge in [0.1, 0.15) is 11.6 Å². The van der Waals surface area contributed by atoms with Crippen LogP contribution in [0.15, 0.2) is 0 Å². The molecule has 0 atom stereocenters. The molecule has 0 aliphatic heterocycles. The van der Waals surface area contributed by atoms with E-state index in [1.165, 1.54) is 12.8 Å². The second-order valence-electron chi connectivity index (χ2n) is 3.66. The Hall–Kier alpha value is -0.900. The molecule has 0 saturated heterocycles. The molecule has 2 rings (SSSR count). The first-order chi connectivity index (χ1) is 6.33. The van der Waals surface area contributed by atoms with E-state index in [9.17, 15) is 0 Å². The maximum absolute atomic E-state index is 5.47. The summed E-state index contributed by atoms with van der Waals surface area (Å²) in [5.41, 5.74) is 5.47. The largest absolute Gasteiger partial charge is 0.330 e. The molecule has 1 heterocycles. The lowest BCUT2D eigenvalue weighted by Gasteiger charge is -2.05. The Morgan fingerprint density at radius 1 is 1.46 bits per heavy atom. The summed E-state index contributed by atoms with van der Waals surface area (Å²) in [5.74, 6) is 2.17. The SMILES string of the molecule is Cc1nnc(CCCN)n1C1CC1. The van der Waals surface area contributed by atoms with Crippen LogP contribution in [0.25, 0.3) is 0 Å². The minimum absolute atomic E-state index is 0.683. The summed E-state index contributed by atoms with van der Waals surface area (Å²) in [5, 5.41) is 8.27. The first-order valence-corrected chi connectivity index (χ1v) is 4.93. The van der Waals surface area contributed by atoms with Gasteiger partial charge in [-0.15, -0.1) is 10.2 Å². The molecule has 0 unspecified atom stereocenters. The van der Waals surface area contributed by atoms with E-state index in [1.807, 2.05) is 6.92 Å². The minimum Gasteiger partial charge on any atom is -0.330 e. The lowest BCUT2D eigenvalue weighted by atomic mass is 10.3. The Morgan fingerprint density at radius 3 is 2.85 bits per heavy atom. The molecule has 0 spiro atoms. The lowest BCUT2D eigenvalue weighted by molar-refractivity contribution is 0.644. The molecule has 0 radical (unpaired) electrons. The van der Waals surface area contributed by atoms with Gasteiger partial charge >= 0.3 is 0 Å². The van der Waals surface area contributed by atoms with Crippen LogP contribution >= 0.6 is 0 Å². The highest BCUT2D eigenvalue weighted by Gasteiger charge is 2.27. The average molecular weight is 180 g/mol. The Morgan fingerprint density at radius 2 is 2.23 bits per heavy atom. The number of nitrogens with two attached hydrogens (primary N) is 1. The number of hydrogen-bond donors (Lipinski definition) is 1. The maximum Gasteiger partial charge on any atom is 0.133 e. The van der Waals surface area contributed by atoms with E-state index < -0.39 is 0 Å². The second-order valence-corrected chi connectivity index (χ2v) is 3.66. The van der Waals surface area contributed by atoms with Gasteiger partial charge in [-0.1, -0.05) is 0 Å². The van der Waals surface area contributed by atoms with Crippen molar-refractivity contribution in [2.75, 3.05) is 6.54 Å². The molecule has 1 aromatic heterocycles. The predicted molar refractivity (Wildman–Crippen MR) is 50.4 cm³/mol. The van der Waals surface area contributed by atoms with Crippen LogP contribution in [-0.4, -0.2) is 21.3 Å². The summed E-state index contributed by atoms with van der Waals surface area (Å²) in [6.45, 7) is 2.76. The van der Waals surface area contributed by atoms with Crippen molar-refractivity contribution in [2.24, 2.45) is 5.73 Å². The van der Waals surface area contributed by atoms with Crippen LogP contribution in [-0.2, 0) is 6.42 Å². The molecule has 1 fully saturated rings. The molecule has 72 valence electrons. The van der Waals surface area contributed by atoms with Gasteiger partial charge in [-0.3, -0.25) is 0 Å². The molecule has 0 bridgehead atoms. The number of rotatable bonds is 4.